The first-order valence-electron chi connectivity index (χ1n) is 6.33. The minimum Gasteiger partial charge on any atom is -0.339 e. The van der Waals surface area contributed by atoms with E-state index in [9.17, 15) is 4.79 Å². The first-order valence-corrected chi connectivity index (χ1v) is 6.33. The monoisotopic (exact) mass is 260 g/mol. The van der Waals surface area contributed by atoms with E-state index in [0.29, 0.717) is 19.0 Å². The molecule has 2 atom stereocenters. The smallest absolute Gasteiger partial charge is 0.234 e. The van der Waals surface area contributed by atoms with Crippen molar-refractivity contribution in [3.63, 3.8) is 0 Å². The van der Waals surface area contributed by atoms with Crippen LogP contribution < -0.4 is 21.5 Å². The molecule has 7 heteroatoms. The zero-order valence-electron chi connectivity index (χ0n) is 10.4. The predicted octanol–water partition coefficient (Wildman–Crippen LogP) is -1.25. The first-order chi connectivity index (χ1) is 9.33. The molecule has 2 aliphatic heterocycles. The Bertz CT molecular complexity index is 488. The maximum atomic E-state index is 11.8. The number of amides is 1. The van der Waals surface area contributed by atoms with Crippen molar-refractivity contribution in [2.24, 2.45) is 10.9 Å². The molecule has 0 saturated carbocycles. The molecule has 0 bridgehead atoms. The van der Waals surface area contributed by atoms with Gasteiger partial charge in [-0.1, -0.05) is 6.07 Å². The Morgan fingerprint density at radius 2 is 2.37 bits per heavy atom. The van der Waals surface area contributed by atoms with Gasteiger partial charge in [-0.25, -0.2) is 5.43 Å². The summed E-state index contributed by atoms with van der Waals surface area (Å²) in [5.74, 6) is 0.436. The fourth-order valence-electron chi connectivity index (χ4n) is 2.18. The van der Waals surface area contributed by atoms with E-state index in [-0.39, 0.29) is 18.0 Å². The summed E-state index contributed by atoms with van der Waals surface area (Å²) in [6, 6.07) is 5.80. The van der Waals surface area contributed by atoms with Crippen molar-refractivity contribution in [1.82, 2.24) is 26.5 Å². The van der Waals surface area contributed by atoms with Crippen molar-refractivity contribution in [3.8, 4) is 0 Å². The van der Waals surface area contributed by atoms with E-state index in [4.69, 9.17) is 0 Å². The molecule has 0 radical (unpaired) electrons. The van der Waals surface area contributed by atoms with Crippen LogP contribution >= 0.6 is 0 Å². The molecule has 1 amide bonds. The second-order valence-electron chi connectivity index (χ2n) is 4.54. The summed E-state index contributed by atoms with van der Waals surface area (Å²) in [7, 11) is 0. The van der Waals surface area contributed by atoms with Gasteiger partial charge in [0, 0.05) is 31.4 Å². The van der Waals surface area contributed by atoms with Crippen LogP contribution in [-0.2, 0) is 11.2 Å². The number of hydrogen-bond donors (Lipinski definition) is 4. The normalized spacial score (nSPS) is 27.8. The lowest BCUT2D eigenvalue weighted by molar-refractivity contribution is -0.124. The SMILES string of the molecule is O=C1NC(=NCCc2ccccn2)NC2NNCC12. The Balaban J connectivity index is 1.57. The number of rotatable bonds is 3. The molecule has 7 nitrogen and oxygen atoms in total. The summed E-state index contributed by atoms with van der Waals surface area (Å²) in [6.07, 6.45) is 2.44. The van der Waals surface area contributed by atoms with Gasteiger partial charge in [0.15, 0.2) is 5.96 Å². The zero-order valence-corrected chi connectivity index (χ0v) is 10.4. The summed E-state index contributed by atoms with van der Waals surface area (Å²) in [5.41, 5.74) is 6.96. The molecular formula is C12H16N6O. The molecule has 4 N–H and O–H groups in total. The van der Waals surface area contributed by atoms with Gasteiger partial charge in [-0.15, -0.1) is 0 Å². The Morgan fingerprint density at radius 3 is 3.21 bits per heavy atom. The van der Waals surface area contributed by atoms with Crippen molar-refractivity contribution in [2.75, 3.05) is 13.1 Å². The van der Waals surface area contributed by atoms with Gasteiger partial charge in [-0.2, -0.15) is 0 Å². The third kappa shape index (κ3) is 2.72. The fraction of sp³-hybridized carbons (Fsp3) is 0.417. The number of fused-ring (bicyclic) bond motifs is 1. The molecule has 2 aliphatic rings. The molecule has 2 saturated heterocycles. The van der Waals surface area contributed by atoms with Crippen LogP contribution in [-0.4, -0.2) is 36.1 Å². The average molecular weight is 260 g/mol. The molecule has 1 aromatic rings. The lowest BCUT2D eigenvalue weighted by Crippen LogP contribution is -2.61. The lowest BCUT2D eigenvalue weighted by atomic mass is 10.1. The van der Waals surface area contributed by atoms with Crippen LogP contribution in [0.5, 0.6) is 0 Å². The lowest BCUT2D eigenvalue weighted by Gasteiger charge is -2.27. The Morgan fingerprint density at radius 1 is 1.42 bits per heavy atom. The molecule has 2 fully saturated rings. The molecule has 19 heavy (non-hydrogen) atoms. The highest BCUT2D eigenvalue weighted by atomic mass is 16.2. The zero-order chi connectivity index (χ0) is 13.1. The number of carbonyl (C=O) groups is 1. The molecule has 0 spiro atoms. The molecule has 2 unspecified atom stereocenters. The maximum Gasteiger partial charge on any atom is 0.234 e. The minimum atomic E-state index is -0.0882. The van der Waals surface area contributed by atoms with Crippen LogP contribution in [0.2, 0.25) is 0 Å². The molecule has 0 aromatic carbocycles. The molecule has 100 valence electrons. The van der Waals surface area contributed by atoms with Crippen LogP contribution in [0.25, 0.3) is 0 Å². The number of hydrazine groups is 1. The topological polar surface area (TPSA) is 90.4 Å². The number of nitrogens with one attached hydrogen (secondary N) is 4. The van der Waals surface area contributed by atoms with Gasteiger partial charge < -0.3 is 5.32 Å². The highest BCUT2D eigenvalue weighted by Crippen LogP contribution is 2.08. The van der Waals surface area contributed by atoms with Crippen molar-refractivity contribution in [2.45, 2.75) is 12.6 Å². The average Bonchev–Trinajstić information content (AvgIpc) is 2.89. The number of aliphatic imine (C=N–C) groups is 1. The molecule has 1 aromatic heterocycles. The predicted molar refractivity (Wildman–Crippen MR) is 69.9 cm³/mol. The number of nitrogens with zero attached hydrogens (tertiary/aromatic N) is 2. The van der Waals surface area contributed by atoms with E-state index >= 15 is 0 Å². The number of hydrogen-bond acceptors (Lipinski definition) is 5. The third-order valence-electron chi connectivity index (χ3n) is 3.22. The fourth-order valence-corrected chi connectivity index (χ4v) is 2.18. The summed E-state index contributed by atoms with van der Waals surface area (Å²) >= 11 is 0. The third-order valence-corrected chi connectivity index (χ3v) is 3.22. The van der Waals surface area contributed by atoms with Crippen molar-refractivity contribution >= 4 is 11.9 Å². The van der Waals surface area contributed by atoms with Gasteiger partial charge in [0.2, 0.25) is 5.91 Å². The Labute approximate surface area is 110 Å². The van der Waals surface area contributed by atoms with Crippen LogP contribution in [0.4, 0.5) is 0 Å². The van der Waals surface area contributed by atoms with Gasteiger partial charge in [-0.3, -0.25) is 25.5 Å². The first kappa shape index (κ1) is 12.1. The van der Waals surface area contributed by atoms with E-state index < -0.39 is 0 Å². The van der Waals surface area contributed by atoms with E-state index in [2.05, 4.69) is 31.5 Å². The largest absolute Gasteiger partial charge is 0.339 e. The number of pyridine rings is 1. The van der Waals surface area contributed by atoms with Crippen LogP contribution in [0, 0.1) is 5.92 Å². The Hall–Kier alpha value is -1.99. The molecule has 3 rings (SSSR count). The number of guanidine groups is 1. The number of carbonyl (C=O) groups excluding carboxylic acids is 1. The number of aromatic nitrogens is 1. The van der Waals surface area contributed by atoms with E-state index in [1.165, 1.54) is 0 Å². The second-order valence-corrected chi connectivity index (χ2v) is 4.54. The van der Waals surface area contributed by atoms with E-state index in [1.54, 1.807) is 6.20 Å². The van der Waals surface area contributed by atoms with Crippen molar-refractivity contribution in [3.05, 3.63) is 30.1 Å². The van der Waals surface area contributed by atoms with E-state index in [0.717, 1.165) is 12.1 Å². The summed E-state index contributed by atoms with van der Waals surface area (Å²) < 4.78 is 0. The van der Waals surface area contributed by atoms with Gasteiger partial charge >= 0.3 is 0 Å². The molecular weight excluding hydrogens is 244 g/mol. The van der Waals surface area contributed by atoms with E-state index in [1.807, 2.05) is 18.2 Å². The Kier molecular flexibility index (Phi) is 3.39. The quantitative estimate of drug-likeness (QED) is 0.545. The van der Waals surface area contributed by atoms with Crippen LogP contribution in [0.1, 0.15) is 5.69 Å². The van der Waals surface area contributed by atoms with Crippen molar-refractivity contribution in [1.29, 1.82) is 0 Å². The van der Waals surface area contributed by atoms with Gasteiger partial charge in [0.25, 0.3) is 0 Å². The van der Waals surface area contributed by atoms with Crippen molar-refractivity contribution < 1.29 is 4.79 Å². The van der Waals surface area contributed by atoms with Gasteiger partial charge in [0.1, 0.15) is 6.17 Å². The highest BCUT2D eigenvalue weighted by Gasteiger charge is 2.37. The maximum absolute atomic E-state index is 11.8. The second kappa shape index (κ2) is 5.33. The molecule has 3 heterocycles. The minimum absolute atomic E-state index is 0.00200. The summed E-state index contributed by atoms with van der Waals surface area (Å²) in [4.78, 5) is 20.4. The van der Waals surface area contributed by atoms with Crippen LogP contribution in [0.15, 0.2) is 29.4 Å². The summed E-state index contributed by atoms with van der Waals surface area (Å²) in [5, 5.41) is 5.93. The molecule has 0 aliphatic carbocycles. The highest BCUT2D eigenvalue weighted by molar-refractivity contribution is 6.01. The van der Waals surface area contributed by atoms with Gasteiger partial charge in [0.05, 0.1) is 5.92 Å². The van der Waals surface area contributed by atoms with Gasteiger partial charge in [-0.05, 0) is 12.1 Å². The van der Waals surface area contributed by atoms with Crippen LogP contribution in [0.3, 0.4) is 0 Å². The summed E-state index contributed by atoms with van der Waals surface area (Å²) in [6.45, 7) is 1.22. The standard InChI is InChI=1S/C12H16N6O/c19-11-9-7-15-18-10(9)16-12(17-11)14-6-4-8-3-1-2-5-13-8/h1-3,5,9-10,15,18H,4,6-7H2,(H2,14,16,17,19).